The molecule has 0 saturated heterocycles. The first-order chi connectivity index (χ1) is 10.0. The number of aryl methyl sites for hydroxylation is 1. The molecular formula is C17H29N3O. The van der Waals surface area contributed by atoms with E-state index in [2.05, 4.69) is 43.0 Å². The van der Waals surface area contributed by atoms with Gasteiger partial charge >= 0.3 is 0 Å². The van der Waals surface area contributed by atoms with Crippen LogP contribution >= 0.6 is 0 Å². The maximum absolute atomic E-state index is 6.29. The Morgan fingerprint density at radius 1 is 1.33 bits per heavy atom. The molecule has 4 nitrogen and oxygen atoms in total. The van der Waals surface area contributed by atoms with E-state index in [1.54, 1.807) is 0 Å². The van der Waals surface area contributed by atoms with Crippen LogP contribution in [0, 0.1) is 17.8 Å². The molecule has 1 aromatic rings. The van der Waals surface area contributed by atoms with Gasteiger partial charge < -0.3 is 10.1 Å². The second-order valence-electron chi connectivity index (χ2n) is 6.59. The van der Waals surface area contributed by atoms with Gasteiger partial charge in [-0.05, 0) is 30.6 Å². The van der Waals surface area contributed by atoms with Crippen molar-refractivity contribution in [2.45, 2.75) is 59.5 Å². The third-order valence-corrected chi connectivity index (χ3v) is 4.55. The Labute approximate surface area is 128 Å². The summed E-state index contributed by atoms with van der Waals surface area (Å²) in [5.74, 6) is 4.40. The standard InChI is InChI=1S/C17H29N3O/c1-6-15-19-16(18-5)10-17(20-15)21-14-9-12(4)7-8-13(14)11(2)3/h10-14H,6-9H2,1-5H3,(H,18,19,20). The van der Waals surface area contributed by atoms with Crippen molar-refractivity contribution in [1.29, 1.82) is 0 Å². The van der Waals surface area contributed by atoms with Gasteiger partial charge in [0.05, 0.1) is 0 Å². The van der Waals surface area contributed by atoms with Crippen molar-refractivity contribution in [3.63, 3.8) is 0 Å². The lowest BCUT2D eigenvalue weighted by atomic mass is 9.75. The molecule has 3 unspecified atom stereocenters. The highest BCUT2D eigenvalue weighted by molar-refractivity contribution is 5.37. The van der Waals surface area contributed by atoms with Gasteiger partial charge in [-0.15, -0.1) is 0 Å². The van der Waals surface area contributed by atoms with Crippen molar-refractivity contribution in [3.8, 4) is 5.88 Å². The highest BCUT2D eigenvalue weighted by Gasteiger charge is 2.32. The third-order valence-electron chi connectivity index (χ3n) is 4.55. The summed E-state index contributed by atoms with van der Waals surface area (Å²) in [6.45, 7) is 8.99. The Kier molecular flexibility index (Phi) is 5.43. The monoisotopic (exact) mass is 291 g/mol. The van der Waals surface area contributed by atoms with Crippen LogP contribution in [0.15, 0.2) is 6.07 Å². The fraction of sp³-hybridized carbons (Fsp3) is 0.765. The van der Waals surface area contributed by atoms with Crippen LogP contribution in [-0.4, -0.2) is 23.1 Å². The molecule has 118 valence electrons. The minimum atomic E-state index is 0.276. The predicted octanol–water partition coefficient (Wildman–Crippen LogP) is 3.92. The number of nitrogens with zero attached hydrogens (tertiary/aromatic N) is 2. The summed E-state index contributed by atoms with van der Waals surface area (Å²) in [7, 11) is 1.88. The minimum absolute atomic E-state index is 0.276. The van der Waals surface area contributed by atoms with E-state index in [0.29, 0.717) is 11.8 Å². The van der Waals surface area contributed by atoms with Gasteiger partial charge in [-0.3, -0.25) is 0 Å². The van der Waals surface area contributed by atoms with E-state index in [4.69, 9.17) is 4.74 Å². The van der Waals surface area contributed by atoms with E-state index in [1.807, 2.05) is 13.1 Å². The Morgan fingerprint density at radius 3 is 2.71 bits per heavy atom. The van der Waals surface area contributed by atoms with E-state index in [-0.39, 0.29) is 6.10 Å². The molecule has 21 heavy (non-hydrogen) atoms. The third kappa shape index (κ3) is 4.08. The molecule has 1 aliphatic rings. The molecule has 1 aliphatic carbocycles. The number of anilines is 1. The summed E-state index contributed by atoms with van der Waals surface area (Å²) in [4.78, 5) is 8.97. The zero-order valence-electron chi connectivity index (χ0n) is 14.0. The molecule has 4 heteroatoms. The summed E-state index contributed by atoms with van der Waals surface area (Å²) in [5, 5.41) is 3.09. The average molecular weight is 291 g/mol. The lowest BCUT2D eigenvalue weighted by molar-refractivity contribution is 0.0424. The molecule has 1 fully saturated rings. The maximum Gasteiger partial charge on any atom is 0.219 e. The Hall–Kier alpha value is -1.32. The van der Waals surface area contributed by atoms with Crippen molar-refractivity contribution < 1.29 is 4.74 Å². The lowest BCUT2D eigenvalue weighted by Gasteiger charge is -2.37. The molecule has 0 amide bonds. The SMILES string of the molecule is CCc1nc(NC)cc(OC2CC(C)CCC2C(C)C)n1. The van der Waals surface area contributed by atoms with Crippen molar-refractivity contribution >= 4 is 5.82 Å². The van der Waals surface area contributed by atoms with Crippen LogP contribution in [0.3, 0.4) is 0 Å². The number of nitrogens with one attached hydrogen (secondary N) is 1. The minimum Gasteiger partial charge on any atom is -0.474 e. The molecule has 0 aliphatic heterocycles. The molecular weight excluding hydrogens is 262 g/mol. The Bertz CT molecular complexity index is 439. The number of hydrogen-bond donors (Lipinski definition) is 1. The fourth-order valence-electron chi connectivity index (χ4n) is 3.22. The maximum atomic E-state index is 6.29. The number of rotatable bonds is 5. The first kappa shape index (κ1) is 16.1. The largest absolute Gasteiger partial charge is 0.474 e. The first-order valence-corrected chi connectivity index (χ1v) is 8.25. The zero-order valence-corrected chi connectivity index (χ0v) is 14.0. The Balaban J connectivity index is 2.17. The molecule has 1 N–H and O–H groups in total. The highest BCUT2D eigenvalue weighted by atomic mass is 16.5. The van der Waals surface area contributed by atoms with Crippen molar-refractivity contribution in [2.75, 3.05) is 12.4 Å². The van der Waals surface area contributed by atoms with Gasteiger partial charge in [0.15, 0.2) is 0 Å². The van der Waals surface area contributed by atoms with Gasteiger partial charge in [0, 0.05) is 19.5 Å². The second kappa shape index (κ2) is 7.10. The zero-order chi connectivity index (χ0) is 15.4. The van der Waals surface area contributed by atoms with E-state index >= 15 is 0 Å². The Morgan fingerprint density at radius 2 is 2.10 bits per heavy atom. The lowest BCUT2D eigenvalue weighted by Crippen LogP contribution is -2.36. The molecule has 1 saturated carbocycles. The quantitative estimate of drug-likeness (QED) is 0.893. The topological polar surface area (TPSA) is 47.0 Å². The van der Waals surface area contributed by atoms with E-state index < -0.39 is 0 Å². The molecule has 1 aromatic heterocycles. The summed E-state index contributed by atoms with van der Waals surface area (Å²) >= 11 is 0. The molecule has 0 radical (unpaired) electrons. The van der Waals surface area contributed by atoms with Gasteiger partial charge in [0.2, 0.25) is 5.88 Å². The van der Waals surface area contributed by atoms with E-state index in [0.717, 1.165) is 36.3 Å². The van der Waals surface area contributed by atoms with Crippen LogP contribution in [0.5, 0.6) is 5.88 Å². The molecule has 0 aromatic carbocycles. The summed E-state index contributed by atoms with van der Waals surface area (Å²) in [6.07, 6.45) is 4.80. The van der Waals surface area contributed by atoms with Crippen molar-refractivity contribution in [2.24, 2.45) is 17.8 Å². The second-order valence-corrected chi connectivity index (χ2v) is 6.59. The highest BCUT2D eigenvalue weighted by Crippen LogP contribution is 2.35. The number of hydrogen-bond acceptors (Lipinski definition) is 4. The van der Waals surface area contributed by atoms with Gasteiger partial charge in [-0.25, -0.2) is 4.98 Å². The predicted molar refractivity (Wildman–Crippen MR) is 86.7 cm³/mol. The van der Waals surface area contributed by atoms with E-state index in [1.165, 1.54) is 12.8 Å². The fourth-order valence-corrected chi connectivity index (χ4v) is 3.22. The normalized spacial score (nSPS) is 25.9. The van der Waals surface area contributed by atoms with Crippen molar-refractivity contribution in [3.05, 3.63) is 11.9 Å². The summed E-state index contributed by atoms with van der Waals surface area (Å²) in [5.41, 5.74) is 0. The molecule has 3 atom stereocenters. The van der Waals surface area contributed by atoms with Crippen LogP contribution in [-0.2, 0) is 6.42 Å². The summed E-state index contributed by atoms with van der Waals surface area (Å²) < 4.78 is 6.29. The first-order valence-electron chi connectivity index (χ1n) is 8.25. The molecule has 2 rings (SSSR count). The van der Waals surface area contributed by atoms with Gasteiger partial charge in [-0.1, -0.05) is 34.1 Å². The molecule has 0 spiro atoms. The molecule has 1 heterocycles. The van der Waals surface area contributed by atoms with Crippen LogP contribution in [0.25, 0.3) is 0 Å². The van der Waals surface area contributed by atoms with Gasteiger partial charge in [0.25, 0.3) is 0 Å². The summed E-state index contributed by atoms with van der Waals surface area (Å²) in [6, 6.07) is 1.91. The van der Waals surface area contributed by atoms with E-state index in [9.17, 15) is 0 Å². The van der Waals surface area contributed by atoms with Crippen molar-refractivity contribution in [1.82, 2.24) is 9.97 Å². The smallest absolute Gasteiger partial charge is 0.219 e. The van der Waals surface area contributed by atoms with Crippen LogP contribution in [0.1, 0.15) is 52.8 Å². The molecule has 0 bridgehead atoms. The number of aromatic nitrogens is 2. The van der Waals surface area contributed by atoms with Gasteiger partial charge in [-0.2, -0.15) is 4.98 Å². The van der Waals surface area contributed by atoms with Crippen LogP contribution in [0.2, 0.25) is 0 Å². The van der Waals surface area contributed by atoms with Gasteiger partial charge in [0.1, 0.15) is 17.7 Å². The van der Waals surface area contributed by atoms with Crippen LogP contribution < -0.4 is 10.1 Å². The van der Waals surface area contributed by atoms with Crippen LogP contribution in [0.4, 0.5) is 5.82 Å². The average Bonchev–Trinajstić information content (AvgIpc) is 2.46. The number of ether oxygens (including phenoxy) is 1.